The third kappa shape index (κ3) is 4.78. The molecule has 172 valence electrons. The van der Waals surface area contributed by atoms with E-state index < -0.39 is 0 Å². The van der Waals surface area contributed by atoms with E-state index in [0.29, 0.717) is 12.5 Å². The zero-order chi connectivity index (χ0) is 22.9. The summed E-state index contributed by atoms with van der Waals surface area (Å²) in [6.07, 6.45) is 4.59. The second kappa shape index (κ2) is 8.98. The molecule has 1 aromatic heterocycles. The Morgan fingerprint density at radius 3 is 2.30 bits per heavy atom. The highest BCUT2D eigenvalue weighted by atomic mass is 16.2. The minimum atomic E-state index is -0.136. The Labute approximate surface area is 194 Å². The maximum atomic E-state index is 13.0. The van der Waals surface area contributed by atoms with Crippen LogP contribution in [0.1, 0.15) is 24.8 Å². The number of carbonyl (C=O) groups is 1. The average Bonchev–Trinajstić information content (AvgIpc) is 3.46. The van der Waals surface area contributed by atoms with Gasteiger partial charge in [0.2, 0.25) is 5.91 Å². The molecule has 1 aliphatic heterocycles. The number of likely N-dealkylation sites (tertiary alicyclic amines) is 1. The molecule has 0 unspecified atom stereocenters. The number of amides is 1. The van der Waals surface area contributed by atoms with E-state index in [1.165, 1.54) is 10.2 Å². The molecule has 2 aliphatic rings. The van der Waals surface area contributed by atoms with Crippen LogP contribution in [-0.2, 0) is 17.9 Å². The van der Waals surface area contributed by atoms with Crippen LogP contribution in [-0.4, -0.2) is 57.2 Å². The first kappa shape index (κ1) is 21.6. The maximum absolute atomic E-state index is 13.0. The molecule has 0 N–H and O–H groups in total. The summed E-state index contributed by atoms with van der Waals surface area (Å²) >= 11 is 0. The summed E-state index contributed by atoms with van der Waals surface area (Å²) in [6, 6.07) is 16.6. The molecule has 2 fully saturated rings. The van der Waals surface area contributed by atoms with E-state index in [1.54, 1.807) is 10.9 Å². The highest BCUT2D eigenvalue weighted by Gasteiger charge is 2.36. The Balaban J connectivity index is 1.25. The van der Waals surface area contributed by atoms with Crippen LogP contribution in [0.25, 0.3) is 16.8 Å². The molecule has 1 atom stereocenters. The van der Waals surface area contributed by atoms with Crippen LogP contribution in [0.4, 0.5) is 0 Å². The van der Waals surface area contributed by atoms with Gasteiger partial charge in [0.25, 0.3) is 0 Å². The van der Waals surface area contributed by atoms with E-state index in [1.807, 2.05) is 29.2 Å². The molecular weight excluding hydrogens is 414 g/mol. The topological polar surface area (TPSA) is 63.4 Å². The quantitative estimate of drug-likeness (QED) is 0.561. The third-order valence-corrected chi connectivity index (χ3v) is 6.62. The van der Waals surface area contributed by atoms with Crippen molar-refractivity contribution in [2.45, 2.75) is 32.4 Å². The van der Waals surface area contributed by atoms with Gasteiger partial charge in [0, 0.05) is 25.6 Å². The van der Waals surface area contributed by atoms with Gasteiger partial charge in [-0.05, 0) is 68.1 Å². The van der Waals surface area contributed by atoms with Gasteiger partial charge in [-0.15, -0.1) is 0 Å². The van der Waals surface area contributed by atoms with Crippen molar-refractivity contribution in [2.75, 3.05) is 27.2 Å². The summed E-state index contributed by atoms with van der Waals surface area (Å²) in [5, 5.41) is 4.35. The summed E-state index contributed by atoms with van der Waals surface area (Å²) in [5.41, 5.74) is 4.21. The lowest BCUT2D eigenvalue weighted by Gasteiger charge is -2.16. The van der Waals surface area contributed by atoms with Crippen molar-refractivity contribution in [3.63, 3.8) is 0 Å². The number of aromatic nitrogens is 3. The first-order chi connectivity index (χ1) is 16.0. The van der Waals surface area contributed by atoms with Gasteiger partial charge in [0.05, 0.1) is 12.2 Å². The van der Waals surface area contributed by atoms with Crippen LogP contribution in [0.5, 0.6) is 0 Å². The normalized spacial score (nSPS) is 18.3. The largest absolute Gasteiger partial charge is 0.350 e. The highest BCUT2D eigenvalue weighted by molar-refractivity contribution is 5.81. The predicted octanol–water partition coefficient (Wildman–Crippen LogP) is 3.02. The summed E-state index contributed by atoms with van der Waals surface area (Å²) in [7, 11) is 4.13. The van der Waals surface area contributed by atoms with Crippen molar-refractivity contribution >= 4 is 5.91 Å². The minimum Gasteiger partial charge on any atom is -0.342 e. The third-order valence-electron chi connectivity index (χ3n) is 6.62. The Hall–Kier alpha value is -3.19. The zero-order valence-electron chi connectivity index (χ0n) is 19.4. The molecule has 5 rings (SSSR count). The SMILES string of the molecule is CN(C)Cc1ccc(-c2ccc(-n3cnn(C[C@H]4CCN(C(=O)C5CC5)C4)c3=O)cc2)cc1. The van der Waals surface area contributed by atoms with Crippen molar-refractivity contribution in [1.82, 2.24) is 24.1 Å². The van der Waals surface area contributed by atoms with Crippen molar-refractivity contribution in [3.05, 3.63) is 70.9 Å². The van der Waals surface area contributed by atoms with Crippen LogP contribution in [0.15, 0.2) is 59.7 Å². The molecule has 7 heteroatoms. The van der Waals surface area contributed by atoms with Gasteiger partial charge in [0.1, 0.15) is 6.33 Å². The van der Waals surface area contributed by atoms with Crippen LogP contribution < -0.4 is 5.69 Å². The smallest absolute Gasteiger partial charge is 0.342 e. The monoisotopic (exact) mass is 445 g/mol. The lowest BCUT2D eigenvalue weighted by atomic mass is 10.0. The van der Waals surface area contributed by atoms with Crippen molar-refractivity contribution < 1.29 is 4.79 Å². The number of rotatable bonds is 7. The van der Waals surface area contributed by atoms with Gasteiger partial charge in [0.15, 0.2) is 0 Å². The number of carbonyl (C=O) groups excluding carboxylic acids is 1. The number of nitrogens with zero attached hydrogens (tertiary/aromatic N) is 5. The lowest BCUT2D eigenvalue weighted by molar-refractivity contribution is -0.131. The molecule has 1 aliphatic carbocycles. The fourth-order valence-corrected chi connectivity index (χ4v) is 4.64. The van der Waals surface area contributed by atoms with E-state index in [4.69, 9.17) is 0 Å². The molecule has 0 radical (unpaired) electrons. The summed E-state index contributed by atoms with van der Waals surface area (Å²) < 4.78 is 3.12. The summed E-state index contributed by atoms with van der Waals surface area (Å²) in [5.74, 6) is 0.832. The molecule has 1 amide bonds. The number of hydrogen-bond donors (Lipinski definition) is 0. The van der Waals surface area contributed by atoms with Gasteiger partial charge in [-0.1, -0.05) is 36.4 Å². The molecule has 0 bridgehead atoms. The molecule has 2 aromatic carbocycles. The van der Waals surface area contributed by atoms with Crippen LogP contribution in [0.3, 0.4) is 0 Å². The van der Waals surface area contributed by atoms with Gasteiger partial charge in [-0.25, -0.2) is 14.0 Å². The van der Waals surface area contributed by atoms with Crippen LogP contribution in [0.2, 0.25) is 0 Å². The molecule has 2 heterocycles. The Bertz CT molecular complexity index is 1170. The Kier molecular flexibility index (Phi) is 5.89. The zero-order valence-corrected chi connectivity index (χ0v) is 19.4. The Morgan fingerprint density at radius 1 is 1.00 bits per heavy atom. The predicted molar refractivity (Wildman–Crippen MR) is 128 cm³/mol. The molecule has 7 nitrogen and oxygen atoms in total. The molecule has 1 saturated carbocycles. The van der Waals surface area contributed by atoms with E-state index in [9.17, 15) is 9.59 Å². The van der Waals surface area contributed by atoms with Crippen molar-refractivity contribution in [3.8, 4) is 16.8 Å². The van der Waals surface area contributed by atoms with Gasteiger partial charge in [-0.3, -0.25) is 4.79 Å². The molecule has 0 spiro atoms. The van der Waals surface area contributed by atoms with Gasteiger partial charge < -0.3 is 9.80 Å². The summed E-state index contributed by atoms with van der Waals surface area (Å²) in [4.78, 5) is 29.4. The first-order valence-electron chi connectivity index (χ1n) is 11.8. The molecule has 33 heavy (non-hydrogen) atoms. The Morgan fingerprint density at radius 2 is 1.67 bits per heavy atom. The minimum absolute atomic E-state index is 0.136. The highest BCUT2D eigenvalue weighted by Crippen LogP contribution is 2.33. The van der Waals surface area contributed by atoms with Crippen molar-refractivity contribution in [2.24, 2.45) is 11.8 Å². The second-order valence-electron chi connectivity index (χ2n) is 9.66. The number of hydrogen-bond acceptors (Lipinski definition) is 4. The van der Waals surface area contributed by atoms with Crippen LogP contribution >= 0.6 is 0 Å². The fourth-order valence-electron chi connectivity index (χ4n) is 4.64. The van der Waals surface area contributed by atoms with E-state index in [0.717, 1.165) is 55.7 Å². The van der Waals surface area contributed by atoms with E-state index in [-0.39, 0.29) is 17.5 Å². The van der Waals surface area contributed by atoms with Gasteiger partial charge >= 0.3 is 5.69 Å². The molecular formula is C26H31N5O2. The maximum Gasteiger partial charge on any atom is 0.350 e. The number of benzene rings is 2. The molecule has 3 aromatic rings. The van der Waals surface area contributed by atoms with Gasteiger partial charge in [-0.2, -0.15) is 5.10 Å². The molecule has 1 saturated heterocycles. The standard InChI is InChI=1S/C26H31N5O2/c1-28(2)15-19-3-5-21(6-4-19)22-9-11-24(12-10-22)30-18-27-31(26(30)33)17-20-13-14-29(16-20)25(32)23-7-8-23/h3-6,9-12,18,20,23H,7-8,13-17H2,1-2H3/t20-/m0/s1. The second-order valence-corrected chi connectivity index (χ2v) is 9.66. The fraction of sp³-hybridized carbons (Fsp3) is 0.423. The first-order valence-corrected chi connectivity index (χ1v) is 11.8. The summed E-state index contributed by atoms with van der Waals surface area (Å²) in [6.45, 7) is 3.00. The average molecular weight is 446 g/mol. The van der Waals surface area contributed by atoms with E-state index >= 15 is 0 Å². The van der Waals surface area contributed by atoms with Crippen LogP contribution in [0, 0.1) is 11.8 Å². The lowest BCUT2D eigenvalue weighted by Crippen LogP contribution is -2.32. The van der Waals surface area contributed by atoms with E-state index in [2.05, 4.69) is 48.4 Å². The van der Waals surface area contributed by atoms with Crippen molar-refractivity contribution in [1.29, 1.82) is 0 Å².